The van der Waals surface area contributed by atoms with Gasteiger partial charge in [-0.05, 0) is 25.3 Å². The van der Waals surface area contributed by atoms with Gasteiger partial charge >= 0.3 is 0 Å². The monoisotopic (exact) mass is 224 g/mol. The molecule has 0 bridgehead atoms. The van der Waals surface area contributed by atoms with Crippen molar-refractivity contribution in [2.45, 2.75) is 38.2 Å². The normalized spacial score (nSPS) is 19.9. The van der Waals surface area contributed by atoms with Gasteiger partial charge in [0.2, 0.25) is 0 Å². The lowest BCUT2D eigenvalue weighted by Crippen LogP contribution is -2.38. The molecule has 0 spiro atoms. The van der Waals surface area contributed by atoms with Crippen LogP contribution in [0.5, 0.6) is 0 Å². The minimum atomic E-state index is -0.600. The molecule has 1 aromatic rings. The summed E-state index contributed by atoms with van der Waals surface area (Å²) in [6.07, 6.45) is 3.06. The summed E-state index contributed by atoms with van der Waals surface area (Å²) in [5.74, 6) is 0. The van der Waals surface area contributed by atoms with Crippen LogP contribution in [0, 0.1) is 0 Å². The van der Waals surface area contributed by atoms with Gasteiger partial charge in [-0.15, -0.1) is 0 Å². The molecule has 1 aliphatic heterocycles. The second-order valence-electron chi connectivity index (χ2n) is 4.62. The maximum absolute atomic E-state index is 10.4. The quantitative estimate of drug-likeness (QED) is 0.835. The number of aliphatic hydroxyl groups is 1. The Kier molecular flexibility index (Phi) is 3.30. The van der Waals surface area contributed by atoms with Crippen LogP contribution in [-0.4, -0.2) is 33.7 Å². The second kappa shape index (κ2) is 4.55. The van der Waals surface area contributed by atoms with E-state index in [0.29, 0.717) is 19.6 Å². The van der Waals surface area contributed by atoms with E-state index in [9.17, 15) is 5.11 Å². The van der Waals surface area contributed by atoms with Gasteiger partial charge in [0.1, 0.15) is 0 Å². The highest BCUT2D eigenvalue weighted by Crippen LogP contribution is 2.25. The molecule has 4 nitrogen and oxygen atoms in total. The van der Waals surface area contributed by atoms with Crippen molar-refractivity contribution in [3.8, 4) is 0 Å². The Morgan fingerprint density at radius 2 is 2.19 bits per heavy atom. The Morgan fingerprint density at radius 1 is 1.50 bits per heavy atom. The largest absolute Gasteiger partial charge is 0.389 e. The summed E-state index contributed by atoms with van der Waals surface area (Å²) in [6, 6.07) is 2.09. The van der Waals surface area contributed by atoms with Crippen molar-refractivity contribution in [3.05, 3.63) is 17.5 Å². The van der Waals surface area contributed by atoms with Crippen LogP contribution in [0.25, 0.3) is 0 Å². The Hall–Kier alpha value is -0.870. The van der Waals surface area contributed by atoms with Gasteiger partial charge in [-0.1, -0.05) is 6.92 Å². The van der Waals surface area contributed by atoms with E-state index < -0.39 is 5.60 Å². The number of nitrogens with zero attached hydrogens (tertiary/aromatic N) is 2. The van der Waals surface area contributed by atoms with Crippen LogP contribution in [0.15, 0.2) is 6.07 Å². The topological polar surface area (TPSA) is 47.3 Å². The van der Waals surface area contributed by atoms with Gasteiger partial charge < -0.3 is 9.84 Å². The van der Waals surface area contributed by atoms with Crippen LogP contribution in [0.4, 0.5) is 0 Å². The molecule has 0 atom stereocenters. The van der Waals surface area contributed by atoms with Crippen molar-refractivity contribution in [1.82, 2.24) is 9.78 Å². The molecule has 0 amide bonds. The van der Waals surface area contributed by atoms with Crippen LogP contribution in [0.3, 0.4) is 0 Å². The van der Waals surface area contributed by atoms with Crippen LogP contribution in [0.2, 0.25) is 0 Å². The lowest BCUT2D eigenvalue weighted by atomic mass is 9.89. The van der Waals surface area contributed by atoms with E-state index in [4.69, 9.17) is 4.74 Å². The summed E-state index contributed by atoms with van der Waals surface area (Å²) < 4.78 is 7.16. The van der Waals surface area contributed by atoms with E-state index in [-0.39, 0.29) is 0 Å². The molecule has 0 unspecified atom stereocenters. The first kappa shape index (κ1) is 11.6. The molecule has 0 radical (unpaired) electrons. The van der Waals surface area contributed by atoms with Crippen molar-refractivity contribution in [2.75, 3.05) is 13.2 Å². The number of hydrogen-bond donors (Lipinski definition) is 1. The van der Waals surface area contributed by atoms with E-state index in [1.54, 1.807) is 0 Å². The standard InChI is InChI=1S/C12H20N2O2/c1-3-10-8-11(14(2)13-10)9-12(15)4-6-16-7-5-12/h8,15H,3-7,9H2,1-2H3. The van der Waals surface area contributed by atoms with Crippen LogP contribution in [-0.2, 0) is 24.6 Å². The summed E-state index contributed by atoms with van der Waals surface area (Å²) >= 11 is 0. The number of hydrogen-bond acceptors (Lipinski definition) is 3. The summed E-state index contributed by atoms with van der Waals surface area (Å²) in [7, 11) is 1.94. The number of aryl methyl sites for hydroxylation is 2. The van der Waals surface area contributed by atoms with E-state index in [2.05, 4.69) is 18.1 Å². The molecule has 1 N–H and O–H groups in total. The SMILES string of the molecule is CCc1cc(CC2(O)CCOCC2)n(C)n1. The molecule has 0 saturated carbocycles. The minimum absolute atomic E-state index is 0.600. The highest BCUT2D eigenvalue weighted by Gasteiger charge is 2.31. The Bertz CT molecular complexity index is 354. The molecule has 0 aromatic carbocycles. The fraction of sp³-hybridized carbons (Fsp3) is 0.750. The third-order valence-electron chi connectivity index (χ3n) is 3.32. The second-order valence-corrected chi connectivity index (χ2v) is 4.62. The first-order chi connectivity index (χ1) is 7.63. The van der Waals surface area contributed by atoms with Crippen molar-refractivity contribution < 1.29 is 9.84 Å². The molecule has 0 aliphatic carbocycles. The van der Waals surface area contributed by atoms with E-state index in [1.165, 1.54) is 0 Å². The molecule has 1 aromatic heterocycles. The molecule has 2 rings (SSSR count). The van der Waals surface area contributed by atoms with Crippen molar-refractivity contribution >= 4 is 0 Å². The minimum Gasteiger partial charge on any atom is -0.389 e. The molecule has 1 saturated heterocycles. The molecular weight excluding hydrogens is 204 g/mol. The van der Waals surface area contributed by atoms with Gasteiger partial charge in [-0.25, -0.2) is 0 Å². The summed E-state index contributed by atoms with van der Waals surface area (Å²) in [6.45, 7) is 3.42. The average molecular weight is 224 g/mol. The predicted octanol–water partition coefficient (Wildman–Crippen LogP) is 1.07. The van der Waals surface area contributed by atoms with Crippen molar-refractivity contribution in [2.24, 2.45) is 7.05 Å². The van der Waals surface area contributed by atoms with Gasteiger partial charge in [-0.2, -0.15) is 5.10 Å². The molecule has 2 heterocycles. The third-order valence-corrected chi connectivity index (χ3v) is 3.32. The van der Waals surface area contributed by atoms with Crippen LogP contribution < -0.4 is 0 Å². The molecule has 1 fully saturated rings. The van der Waals surface area contributed by atoms with Crippen LogP contribution in [0.1, 0.15) is 31.2 Å². The highest BCUT2D eigenvalue weighted by atomic mass is 16.5. The summed E-state index contributed by atoms with van der Waals surface area (Å²) in [5, 5.41) is 14.8. The molecular formula is C12H20N2O2. The summed E-state index contributed by atoms with van der Waals surface area (Å²) in [5.41, 5.74) is 1.60. The van der Waals surface area contributed by atoms with E-state index >= 15 is 0 Å². The fourth-order valence-corrected chi connectivity index (χ4v) is 2.17. The van der Waals surface area contributed by atoms with Gasteiger partial charge in [0, 0.05) is 32.4 Å². The van der Waals surface area contributed by atoms with Gasteiger partial charge in [0.05, 0.1) is 11.3 Å². The van der Waals surface area contributed by atoms with Crippen molar-refractivity contribution in [1.29, 1.82) is 0 Å². The van der Waals surface area contributed by atoms with Crippen molar-refractivity contribution in [3.63, 3.8) is 0 Å². The van der Waals surface area contributed by atoms with E-state index in [1.807, 2.05) is 11.7 Å². The predicted molar refractivity (Wildman–Crippen MR) is 61.3 cm³/mol. The van der Waals surface area contributed by atoms with Crippen LogP contribution >= 0.6 is 0 Å². The zero-order valence-corrected chi connectivity index (χ0v) is 10.1. The molecule has 90 valence electrons. The maximum atomic E-state index is 10.4. The number of aromatic nitrogens is 2. The lowest BCUT2D eigenvalue weighted by molar-refractivity contribution is -0.0634. The zero-order chi connectivity index (χ0) is 11.6. The molecule has 16 heavy (non-hydrogen) atoms. The maximum Gasteiger partial charge on any atom is 0.0746 e. The van der Waals surface area contributed by atoms with E-state index in [0.717, 1.165) is 30.7 Å². The zero-order valence-electron chi connectivity index (χ0n) is 10.1. The lowest BCUT2D eigenvalue weighted by Gasteiger charge is -2.31. The van der Waals surface area contributed by atoms with Gasteiger partial charge in [-0.3, -0.25) is 4.68 Å². The molecule has 1 aliphatic rings. The first-order valence-electron chi connectivity index (χ1n) is 5.95. The Labute approximate surface area is 96.2 Å². The van der Waals surface area contributed by atoms with Gasteiger partial charge in [0.25, 0.3) is 0 Å². The number of ether oxygens (including phenoxy) is 1. The number of rotatable bonds is 3. The summed E-state index contributed by atoms with van der Waals surface area (Å²) in [4.78, 5) is 0. The van der Waals surface area contributed by atoms with Gasteiger partial charge in [0.15, 0.2) is 0 Å². The smallest absolute Gasteiger partial charge is 0.0746 e. The Morgan fingerprint density at radius 3 is 2.75 bits per heavy atom. The highest BCUT2D eigenvalue weighted by molar-refractivity contribution is 5.13. The average Bonchev–Trinajstić information content (AvgIpc) is 2.60. The third kappa shape index (κ3) is 2.44. The fourth-order valence-electron chi connectivity index (χ4n) is 2.17. The molecule has 4 heteroatoms. The first-order valence-corrected chi connectivity index (χ1v) is 5.95. The Balaban J connectivity index is 2.09.